The van der Waals surface area contributed by atoms with Crippen LogP contribution in [0, 0.1) is 6.92 Å². The van der Waals surface area contributed by atoms with Crippen LogP contribution in [0.4, 0.5) is 0 Å². The molecule has 0 aliphatic carbocycles. The first-order chi connectivity index (χ1) is 8.60. The number of thiophene rings is 1. The zero-order valence-corrected chi connectivity index (χ0v) is 13.9. The summed E-state index contributed by atoms with van der Waals surface area (Å²) in [6, 6.07) is 8.57. The van der Waals surface area contributed by atoms with Gasteiger partial charge in [-0.25, -0.2) is 0 Å². The van der Waals surface area contributed by atoms with Crippen molar-refractivity contribution in [2.24, 2.45) is 5.84 Å². The second-order valence-corrected chi connectivity index (χ2v) is 6.95. The van der Waals surface area contributed by atoms with Crippen molar-refractivity contribution in [1.82, 2.24) is 5.43 Å². The molecule has 0 saturated heterocycles. The molecule has 1 aromatic heterocycles. The first kappa shape index (κ1) is 14.2. The van der Waals surface area contributed by atoms with E-state index in [1.165, 1.54) is 16.0 Å². The third kappa shape index (κ3) is 3.42. The van der Waals surface area contributed by atoms with Crippen LogP contribution in [0.1, 0.15) is 22.0 Å². The molecule has 1 unspecified atom stereocenters. The first-order valence-electron chi connectivity index (χ1n) is 5.55. The molecule has 96 valence electrons. The van der Waals surface area contributed by atoms with E-state index in [0.29, 0.717) is 0 Å². The molecule has 0 aliphatic heterocycles. The topological polar surface area (TPSA) is 38.0 Å². The van der Waals surface area contributed by atoms with Gasteiger partial charge in [0.15, 0.2) is 0 Å². The highest BCUT2D eigenvalue weighted by Crippen LogP contribution is 2.29. The summed E-state index contributed by atoms with van der Waals surface area (Å²) >= 11 is 8.81. The number of aryl methyl sites for hydroxylation is 1. The second-order valence-electron chi connectivity index (χ2n) is 4.18. The van der Waals surface area contributed by atoms with Crippen LogP contribution in [0.15, 0.2) is 38.6 Å². The van der Waals surface area contributed by atoms with Crippen molar-refractivity contribution in [1.29, 1.82) is 0 Å². The standard InChI is InChI=1S/C13H14Br2N2S/c1-8-2-3-12(15)11(4-8)13(17-16)6-10-5-9(14)7-18-10/h2-5,7,13,17H,6,16H2,1H3. The molecule has 1 heterocycles. The lowest BCUT2D eigenvalue weighted by Gasteiger charge is -2.17. The van der Waals surface area contributed by atoms with E-state index in [-0.39, 0.29) is 6.04 Å². The Balaban J connectivity index is 2.25. The molecule has 5 heteroatoms. The van der Waals surface area contributed by atoms with Crippen LogP contribution < -0.4 is 11.3 Å². The van der Waals surface area contributed by atoms with Gasteiger partial charge in [-0.3, -0.25) is 11.3 Å². The van der Waals surface area contributed by atoms with Gasteiger partial charge < -0.3 is 0 Å². The third-order valence-electron chi connectivity index (χ3n) is 2.76. The summed E-state index contributed by atoms with van der Waals surface area (Å²) in [6.07, 6.45) is 0.884. The van der Waals surface area contributed by atoms with Gasteiger partial charge in [-0.15, -0.1) is 11.3 Å². The molecule has 0 fully saturated rings. The first-order valence-corrected chi connectivity index (χ1v) is 8.02. The molecule has 0 bridgehead atoms. The Morgan fingerprint density at radius 1 is 1.33 bits per heavy atom. The number of halogens is 2. The summed E-state index contributed by atoms with van der Waals surface area (Å²) in [5.41, 5.74) is 5.34. The van der Waals surface area contributed by atoms with Crippen molar-refractivity contribution in [3.63, 3.8) is 0 Å². The zero-order valence-electron chi connectivity index (χ0n) is 9.91. The maximum Gasteiger partial charge on any atom is 0.0519 e. The monoisotopic (exact) mass is 388 g/mol. The molecule has 1 aromatic carbocycles. The van der Waals surface area contributed by atoms with Crippen LogP contribution in [0.2, 0.25) is 0 Å². The summed E-state index contributed by atoms with van der Waals surface area (Å²) in [7, 11) is 0. The fourth-order valence-corrected chi connectivity index (χ4v) is 3.87. The lowest BCUT2D eigenvalue weighted by atomic mass is 10.0. The van der Waals surface area contributed by atoms with Crippen molar-refractivity contribution in [3.05, 3.63) is 54.6 Å². The second kappa shape index (κ2) is 6.30. The van der Waals surface area contributed by atoms with E-state index in [4.69, 9.17) is 5.84 Å². The van der Waals surface area contributed by atoms with Crippen LogP contribution in [0.25, 0.3) is 0 Å². The van der Waals surface area contributed by atoms with E-state index in [0.717, 1.165) is 15.4 Å². The minimum absolute atomic E-state index is 0.116. The highest BCUT2D eigenvalue weighted by Gasteiger charge is 2.15. The van der Waals surface area contributed by atoms with Crippen molar-refractivity contribution < 1.29 is 0 Å². The lowest BCUT2D eigenvalue weighted by molar-refractivity contribution is 0.553. The molecule has 3 N–H and O–H groups in total. The van der Waals surface area contributed by atoms with E-state index in [1.54, 1.807) is 11.3 Å². The number of benzene rings is 1. The zero-order chi connectivity index (χ0) is 13.1. The van der Waals surface area contributed by atoms with Crippen LogP contribution in [-0.2, 0) is 6.42 Å². The Morgan fingerprint density at radius 2 is 2.11 bits per heavy atom. The maximum absolute atomic E-state index is 5.70. The quantitative estimate of drug-likeness (QED) is 0.603. The average Bonchev–Trinajstić information content (AvgIpc) is 2.75. The molecule has 2 rings (SSSR count). The van der Waals surface area contributed by atoms with Gasteiger partial charge in [-0.05, 0) is 40.5 Å². The van der Waals surface area contributed by atoms with Crippen LogP contribution in [0.5, 0.6) is 0 Å². The molecule has 0 saturated carbocycles. The molecule has 0 amide bonds. The average molecular weight is 390 g/mol. The smallest absolute Gasteiger partial charge is 0.0519 e. The van der Waals surface area contributed by atoms with Gasteiger partial charge in [0.1, 0.15) is 0 Å². The Morgan fingerprint density at radius 3 is 2.72 bits per heavy atom. The number of hydrogen-bond donors (Lipinski definition) is 2. The molecular formula is C13H14Br2N2S. The summed E-state index contributed by atoms with van der Waals surface area (Å²) in [5, 5.41) is 2.09. The van der Waals surface area contributed by atoms with Gasteiger partial charge in [0.2, 0.25) is 0 Å². The predicted octanol–water partition coefficient (Wildman–Crippen LogP) is 4.33. The molecule has 0 radical (unpaired) electrons. The third-order valence-corrected chi connectivity index (χ3v) is 5.20. The van der Waals surface area contributed by atoms with E-state index in [9.17, 15) is 0 Å². The highest BCUT2D eigenvalue weighted by atomic mass is 79.9. The van der Waals surface area contributed by atoms with Crippen molar-refractivity contribution in [2.45, 2.75) is 19.4 Å². The molecule has 1 atom stereocenters. The van der Waals surface area contributed by atoms with E-state index < -0.39 is 0 Å². The summed E-state index contributed by atoms with van der Waals surface area (Å²) in [6.45, 7) is 2.09. The number of nitrogens with two attached hydrogens (primary N) is 1. The summed E-state index contributed by atoms with van der Waals surface area (Å²) < 4.78 is 2.22. The minimum atomic E-state index is 0.116. The number of nitrogens with one attached hydrogen (secondary N) is 1. The predicted molar refractivity (Wildman–Crippen MR) is 84.7 cm³/mol. The van der Waals surface area contributed by atoms with Gasteiger partial charge in [0, 0.05) is 25.6 Å². The van der Waals surface area contributed by atoms with Gasteiger partial charge in [-0.2, -0.15) is 0 Å². The normalized spacial score (nSPS) is 12.7. The van der Waals surface area contributed by atoms with Gasteiger partial charge in [0.05, 0.1) is 6.04 Å². The van der Waals surface area contributed by atoms with Crippen molar-refractivity contribution >= 4 is 43.2 Å². The van der Waals surface area contributed by atoms with Gasteiger partial charge >= 0.3 is 0 Å². The Bertz CT molecular complexity index is 540. The van der Waals surface area contributed by atoms with Crippen molar-refractivity contribution in [3.8, 4) is 0 Å². The van der Waals surface area contributed by atoms with Crippen LogP contribution >= 0.6 is 43.2 Å². The van der Waals surface area contributed by atoms with Crippen LogP contribution in [0.3, 0.4) is 0 Å². The summed E-state index contributed by atoms with van der Waals surface area (Å²) in [5.74, 6) is 5.70. The fourth-order valence-electron chi connectivity index (χ4n) is 1.85. The molecule has 2 aromatic rings. The number of rotatable bonds is 4. The number of hydrazine groups is 1. The highest BCUT2D eigenvalue weighted by molar-refractivity contribution is 9.10. The summed E-state index contributed by atoms with van der Waals surface area (Å²) in [4.78, 5) is 1.30. The van der Waals surface area contributed by atoms with E-state index >= 15 is 0 Å². The van der Waals surface area contributed by atoms with Gasteiger partial charge in [-0.1, -0.05) is 33.6 Å². The fraction of sp³-hybridized carbons (Fsp3) is 0.231. The van der Waals surface area contributed by atoms with Crippen molar-refractivity contribution in [2.75, 3.05) is 0 Å². The molecule has 0 aliphatic rings. The maximum atomic E-state index is 5.70. The SMILES string of the molecule is Cc1ccc(Br)c(C(Cc2cc(Br)cs2)NN)c1. The van der Waals surface area contributed by atoms with E-state index in [1.807, 2.05) is 0 Å². The van der Waals surface area contributed by atoms with E-state index in [2.05, 4.69) is 73.9 Å². The molecular weight excluding hydrogens is 376 g/mol. The Kier molecular flexibility index (Phi) is 4.98. The Hall–Kier alpha value is -0.200. The van der Waals surface area contributed by atoms with Gasteiger partial charge in [0.25, 0.3) is 0 Å². The number of hydrogen-bond acceptors (Lipinski definition) is 3. The lowest BCUT2D eigenvalue weighted by Crippen LogP contribution is -2.29. The minimum Gasteiger partial charge on any atom is -0.271 e. The molecule has 0 spiro atoms. The Labute approximate surface area is 128 Å². The largest absolute Gasteiger partial charge is 0.271 e. The molecule has 18 heavy (non-hydrogen) atoms. The molecule has 2 nitrogen and oxygen atoms in total. The van der Waals surface area contributed by atoms with Crippen LogP contribution in [-0.4, -0.2) is 0 Å².